The number of fused-ring (bicyclic) bond motifs is 1. The van der Waals surface area contributed by atoms with Crippen molar-refractivity contribution in [1.29, 1.82) is 0 Å². The van der Waals surface area contributed by atoms with Crippen LogP contribution >= 0.6 is 11.3 Å². The molecule has 2 saturated heterocycles. The molecule has 0 aliphatic carbocycles. The van der Waals surface area contributed by atoms with Gasteiger partial charge in [0.1, 0.15) is 17.0 Å². The number of aromatic nitrogens is 2. The number of hydrogen-bond donors (Lipinski definition) is 0. The van der Waals surface area contributed by atoms with Crippen LogP contribution in [-0.4, -0.2) is 35.8 Å². The zero-order chi connectivity index (χ0) is 14.2. The van der Waals surface area contributed by atoms with Gasteiger partial charge >= 0.3 is 0 Å². The number of ether oxygens (including phenoxy) is 1. The molecule has 2 aromatic rings. The van der Waals surface area contributed by atoms with E-state index in [0.29, 0.717) is 6.10 Å². The molecule has 1 atom stereocenters. The molecule has 2 aliphatic heterocycles. The summed E-state index contributed by atoms with van der Waals surface area (Å²) in [6.45, 7) is 5.28. The van der Waals surface area contributed by atoms with Gasteiger partial charge in [0.2, 0.25) is 0 Å². The van der Waals surface area contributed by atoms with Crippen molar-refractivity contribution in [2.45, 2.75) is 38.7 Å². The van der Waals surface area contributed by atoms with E-state index in [-0.39, 0.29) is 0 Å². The molecule has 2 aromatic heterocycles. The Morgan fingerprint density at radius 3 is 2.86 bits per heavy atom. The van der Waals surface area contributed by atoms with E-state index in [2.05, 4.69) is 27.9 Å². The average Bonchev–Trinajstić information content (AvgIpc) is 3.15. The lowest BCUT2D eigenvalue weighted by Crippen LogP contribution is -2.38. The number of anilines is 1. The zero-order valence-corrected chi connectivity index (χ0v) is 13.2. The Balaban J connectivity index is 1.52. The minimum atomic E-state index is 0.515. The van der Waals surface area contributed by atoms with E-state index >= 15 is 0 Å². The first-order valence-corrected chi connectivity index (χ1v) is 8.70. The van der Waals surface area contributed by atoms with Gasteiger partial charge in [-0.2, -0.15) is 0 Å². The van der Waals surface area contributed by atoms with E-state index in [1.165, 1.54) is 35.9 Å². The van der Waals surface area contributed by atoms with Gasteiger partial charge in [0.15, 0.2) is 0 Å². The van der Waals surface area contributed by atoms with Gasteiger partial charge < -0.3 is 9.64 Å². The molecule has 2 fully saturated rings. The smallest absolute Gasteiger partial charge is 0.140 e. The van der Waals surface area contributed by atoms with Gasteiger partial charge in [-0.15, -0.1) is 11.3 Å². The summed E-state index contributed by atoms with van der Waals surface area (Å²) in [5.74, 6) is 1.86. The molecule has 4 nitrogen and oxygen atoms in total. The molecule has 112 valence electrons. The van der Waals surface area contributed by atoms with Gasteiger partial charge in [-0.1, -0.05) is 0 Å². The first-order valence-electron chi connectivity index (χ1n) is 7.89. The summed E-state index contributed by atoms with van der Waals surface area (Å²) in [6, 6.07) is 2.22. The SMILES string of the molecule is Cc1cc2c(N3CCC(C4CCCO4)CC3)ncnc2s1. The zero-order valence-electron chi connectivity index (χ0n) is 12.4. The number of nitrogens with zero attached hydrogens (tertiary/aromatic N) is 3. The number of thiophene rings is 1. The fraction of sp³-hybridized carbons (Fsp3) is 0.625. The Bertz CT molecular complexity index is 627. The summed E-state index contributed by atoms with van der Waals surface area (Å²) in [5, 5.41) is 1.22. The fourth-order valence-corrected chi connectivity index (χ4v) is 4.51. The first-order chi connectivity index (χ1) is 10.3. The summed E-state index contributed by atoms with van der Waals surface area (Å²) in [4.78, 5) is 13.8. The molecule has 1 unspecified atom stereocenters. The van der Waals surface area contributed by atoms with Crippen LogP contribution in [0.15, 0.2) is 12.4 Å². The number of hydrogen-bond acceptors (Lipinski definition) is 5. The van der Waals surface area contributed by atoms with E-state index in [9.17, 15) is 0 Å². The van der Waals surface area contributed by atoms with Crippen LogP contribution in [0.3, 0.4) is 0 Å². The molecule has 0 N–H and O–H groups in total. The molecule has 4 rings (SSSR count). The van der Waals surface area contributed by atoms with Crippen LogP contribution in [-0.2, 0) is 4.74 Å². The molecule has 0 radical (unpaired) electrons. The lowest BCUT2D eigenvalue weighted by atomic mass is 9.90. The second kappa shape index (κ2) is 5.54. The van der Waals surface area contributed by atoms with Gasteiger partial charge in [-0.25, -0.2) is 9.97 Å². The van der Waals surface area contributed by atoms with Gasteiger partial charge in [-0.05, 0) is 44.6 Å². The van der Waals surface area contributed by atoms with E-state index < -0.39 is 0 Å². The predicted molar refractivity (Wildman–Crippen MR) is 86.1 cm³/mol. The second-order valence-electron chi connectivity index (χ2n) is 6.15. The molecule has 0 saturated carbocycles. The van der Waals surface area contributed by atoms with Crippen molar-refractivity contribution in [3.63, 3.8) is 0 Å². The maximum absolute atomic E-state index is 5.86. The third kappa shape index (κ3) is 2.53. The highest BCUT2D eigenvalue weighted by molar-refractivity contribution is 7.18. The molecule has 0 spiro atoms. The van der Waals surface area contributed by atoms with E-state index in [0.717, 1.165) is 36.3 Å². The van der Waals surface area contributed by atoms with Crippen LogP contribution in [0.4, 0.5) is 5.82 Å². The molecular formula is C16H21N3OS. The van der Waals surface area contributed by atoms with Crippen molar-refractivity contribution >= 4 is 27.4 Å². The topological polar surface area (TPSA) is 38.2 Å². The van der Waals surface area contributed by atoms with Gasteiger partial charge in [0.05, 0.1) is 11.5 Å². The van der Waals surface area contributed by atoms with Crippen molar-refractivity contribution in [3.05, 3.63) is 17.3 Å². The minimum Gasteiger partial charge on any atom is -0.378 e. The quantitative estimate of drug-likeness (QED) is 0.852. The lowest BCUT2D eigenvalue weighted by molar-refractivity contribution is 0.0531. The van der Waals surface area contributed by atoms with Gasteiger partial charge in [0, 0.05) is 24.6 Å². The Morgan fingerprint density at radius 1 is 1.24 bits per heavy atom. The summed E-state index contributed by atoms with van der Waals surface area (Å²) in [6.07, 6.45) is 7.16. The molecule has 0 bridgehead atoms. The highest BCUT2D eigenvalue weighted by atomic mass is 32.1. The van der Waals surface area contributed by atoms with Crippen molar-refractivity contribution in [3.8, 4) is 0 Å². The summed E-state index contributed by atoms with van der Waals surface area (Å²) < 4.78 is 5.86. The highest BCUT2D eigenvalue weighted by Gasteiger charge is 2.30. The van der Waals surface area contributed by atoms with Crippen LogP contribution in [0.5, 0.6) is 0 Å². The molecule has 21 heavy (non-hydrogen) atoms. The predicted octanol–water partition coefficient (Wildman–Crippen LogP) is 3.40. The molecule has 0 aromatic carbocycles. The van der Waals surface area contributed by atoms with Crippen molar-refractivity contribution < 1.29 is 4.74 Å². The minimum absolute atomic E-state index is 0.515. The van der Waals surface area contributed by atoms with E-state index in [1.807, 2.05) is 0 Å². The Morgan fingerprint density at radius 2 is 2.10 bits per heavy atom. The standard InChI is InChI=1S/C16H21N3OS/c1-11-9-13-15(17-10-18-16(13)21-11)19-6-4-12(5-7-19)14-3-2-8-20-14/h9-10,12,14H,2-8H2,1H3. The van der Waals surface area contributed by atoms with E-state index in [1.54, 1.807) is 17.7 Å². The Labute approximate surface area is 129 Å². The normalized spacial score (nSPS) is 24.0. The number of piperidine rings is 1. The third-order valence-corrected chi connectivity index (χ3v) is 5.72. The van der Waals surface area contributed by atoms with Crippen LogP contribution in [0.2, 0.25) is 0 Å². The lowest BCUT2D eigenvalue weighted by Gasteiger charge is -2.35. The number of aryl methyl sites for hydroxylation is 1. The first kappa shape index (κ1) is 13.5. The molecule has 4 heterocycles. The second-order valence-corrected chi connectivity index (χ2v) is 7.38. The van der Waals surface area contributed by atoms with Crippen LogP contribution in [0.1, 0.15) is 30.6 Å². The maximum Gasteiger partial charge on any atom is 0.140 e. The van der Waals surface area contributed by atoms with E-state index in [4.69, 9.17) is 4.74 Å². The molecule has 0 amide bonds. The van der Waals surface area contributed by atoms with Gasteiger partial charge in [-0.3, -0.25) is 0 Å². The summed E-state index contributed by atoms with van der Waals surface area (Å²) in [7, 11) is 0. The van der Waals surface area contributed by atoms with Crippen molar-refractivity contribution in [2.75, 3.05) is 24.6 Å². The Hall–Kier alpha value is -1.20. The monoisotopic (exact) mass is 303 g/mol. The van der Waals surface area contributed by atoms with Crippen LogP contribution < -0.4 is 4.90 Å². The van der Waals surface area contributed by atoms with Crippen molar-refractivity contribution in [1.82, 2.24) is 9.97 Å². The number of rotatable bonds is 2. The molecular weight excluding hydrogens is 282 g/mol. The summed E-state index contributed by atoms with van der Waals surface area (Å²) in [5.41, 5.74) is 0. The maximum atomic E-state index is 5.86. The summed E-state index contributed by atoms with van der Waals surface area (Å²) >= 11 is 1.75. The fourth-order valence-electron chi connectivity index (χ4n) is 3.67. The van der Waals surface area contributed by atoms with Gasteiger partial charge in [0.25, 0.3) is 0 Å². The molecule has 5 heteroatoms. The van der Waals surface area contributed by atoms with Crippen LogP contribution in [0, 0.1) is 12.8 Å². The average molecular weight is 303 g/mol. The largest absolute Gasteiger partial charge is 0.378 e. The third-order valence-electron chi connectivity index (χ3n) is 4.76. The Kier molecular flexibility index (Phi) is 3.55. The van der Waals surface area contributed by atoms with Crippen molar-refractivity contribution in [2.24, 2.45) is 5.92 Å². The molecule has 2 aliphatic rings. The van der Waals surface area contributed by atoms with Crippen LogP contribution in [0.25, 0.3) is 10.2 Å². The highest BCUT2D eigenvalue weighted by Crippen LogP contribution is 2.34.